The number of hydrogen-bond acceptors (Lipinski definition) is 5. The first-order chi connectivity index (χ1) is 27.1. The molecule has 0 amide bonds. The molecular formula is C50H94O5. The van der Waals surface area contributed by atoms with Crippen LogP contribution in [0.2, 0.25) is 0 Å². The van der Waals surface area contributed by atoms with Crippen molar-refractivity contribution in [2.24, 2.45) is 0 Å². The number of carbonyl (C=O) groups excluding carboxylic acids is 2. The van der Waals surface area contributed by atoms with E-state index in [1.807, 2.05) is 0 Å². The van der Waals surface area contributed by atoms with E-state index in [0.29, 0.717) is 12.8 Å². The van der Waals surface area contributed by atoms with Crippen LogP contribution in [0.4, 0.5) is 0 Å². The predicted octanol–water partition coefficient (Wildman–Crippen LogP) is 15.8. The molecule has 0 fully saturated rings. The fraction of sp³-hybridized carbons (Fsp3) is 0.880. The molecule has 0 aromatic heterocycles. The summed E-state index contributed by atoms with van der Waals surface area (Å²) in [5.74, 6) is -0.586. The molecule has 1 unspecified atom stereocenters. The van der Waals surface area contributed by atoms with Gasteiger partial charge in [0, 0.05) is 12.8 Å². The van der Waals surface area contributed by atoms with Crippen LogP contribution in [0.25, 0.3) is 0 Å². The molecule has 0 aromatic carbocycles. The number of unbranched alkanes of at least 4 members (excludes halogenated alkanes) is 33. The normalized spacial score (nSPS) is 12.3. The first kappa shape index (κ1) is 53.4. The highest BCUT2D eigenvalue weighted by molar-refractivity contribution is 5.70. The zero-order valence-electron chi connectivity index (χ0n) is 37.0. The second kappa shape index (κ2) is 46.8. The van der Waals surface area contributed by atoms with Crippen molar-refractivity contribution >= 4 is 11.9 Å². The maximum Gasteiger partial charge on any atom is 0.306 e. The Hall–Kier alpha value is -1.62. The van der Waals surface area contributed by atoms with Gasteiger partial charge in [-0.1, -0.05) is 231 Å². The molecule has 0 radical (unpaired) electrons. The lowest BCUT2D eigenvalue weighted by Gasteiger charge is -2.15. The number of allylic oxidation sites excluding steroid dienone is 4. The van der Waals surface area contributed by atoms with Crippen molar-refractivity contribution in [3.63, 3.8) is 0 Å². The molecule has 55 heavy (non-hydrogen) atoms. The third-order valence-electron chi connectivity index (χ3n) is 11.0. The minimum absolute atomic E-state index is 0.0641. The smallest absolute Gasteiger partial charge is 0.306 e. The van der Waals surface area contributed by atoms with Gasteiger partial charge < -0.3 is 14.6 Å². The Morgan fingerprint density at radius 2 is 0.727 bits per heavy atom. The molecule has 0 spiro atoms. The van der Waals surface area contributed by atoms with Crippen molar-refractivity contribution < 1.29 is 24.2 Å². The number of aliphatic hydroxyl groups is 1. The molecule has 1 N–H and O–H groups in total. The summed E-state index contributed by atoms with van der Waals surface area (Å²) in [5, 5.41) is 9.60. The van der Waals surface area contributed by atoms with Crippen LogP contribution in [0.15, 0.2) is 24.3 Å². The number of rotatable bonds is 45. The van der Waals surface area contributed by atoms with Gasteiger partial charge in [0.2, 0.25) is 0 Å². The highest BCUT2D eigenvalue weighted by atomic mass is 16.6. The highest BCUT2D eigenvalue weighted by Crippen LogP contribution is 2.16. The van der Waals surface area contributed by atoms with Crippen molar-refractivity contribution in [2.75, 3.05) is 13.2 Å². The molecule has 324 valence electrons. The van der Waals surface area contributed by atoms with Crippen LogP contribution in [0.1, 0.15) is 264 Å². The summed E-state index contributed by atoms with van der Waals surface area (Å²) in [6.07, 6.45) is 57.0. The Balaban J connectivity index is 3.46. The number of ether oxygens (including phenoxy) is 2. The lowest BCUT2D eigenvalue weighted by Crippen LogP contribution is -2.28. The monoisotopic (exact) mass is 775 g/mol. The minimum Gasteiger partial charge on any atom is -0.462 e. The minimum atomic E-state index is -0.772. The Labute approximate surface area is 343 Å². The molecule has 0 aromatic rings. The van der Waals surface area contributed by atoms with Crippen LogP contribution in [0, 0.1) is 0 Å². The van der Waals surface area contributed by atoms with Gasteiger partial charge >= 0.3 is 11.9 Å². The molecule has 1 atom stereocenters. The predicted molar refractivity (Wildman–Crippen MR) is 238 cm³/mol. The van der Waals surface area contributed by atoms with E-state index in [1.165, 1.54) is 193 Å². The van der Waals surface area contributed by atoms with Gasteiger partial charge in [-0.15, -0.1) is 0 Å². The van der Waals surface area contributed by atoms with Gasteiger partial charge in [-0.05, 0) is 44.9 Å². The zero-order chi connectivity index (χ0) is 40.0. The van der Waals surface area contributed by atoms with Gasteiger partial charge in [-0.25, -0.2) is 0 Å². The molecule has 5 heteroatoms. The van der Waals surface area contributed by atoms with Crippen LogP contribution < -0.4 is 0 Å². The number of aliphatic hydroxyl groups excluding tert-OH is 1. The van der Waals surface area contributed by atoms with E-state index in [1.54, 1.807) is 0 Å². The van der Waals surface area contributed by atoms with Gasteiger partial charge in [0.25, 0.3) is 0 Å². The van der Waals surface area contributed by atoms with E-state index < -0.39 is 6.10 Å². The number of carbonyl (C=O) groups is 2. The molecular weight excluding hydrogens is 681 g/mol. The molecule has 0 saturated carbocycles. The maximum absolute atomic E-state index is 12.2. The summed E-state index contributed by atoms with van der Waals surface area (Å²) in [4.78, 5) is 24.4. The number of hydrogen-bond donors (Lipinski definition) is 1. The molecule has 0 rings (SSSR count). The fourth-order valence-corrected chi connectivity index (χ4v) is 7.29. The quantitative estimate of drug-likeness (QED) is 0.0379. The van der Waals surface area contributed by atoms with Gasteiger partial charge in [0.05, 0.1) is 6.61 Å². The third-order valence-corrected chi connectivity index (χ3v) is 11.0. The summed E-state index contributed by atoms with van der Waals surface area (Å²) in [5.41, 5.74) is 0. The van der Waals surface area contributed by atoms with Crippen LogP contribution >= 0.6 is 0 Å². The van der Waals surface area contributed by atoms with Gasteiger partial charge in [-0.3, -0.25) is 9.59 Å². The van der Waals surface area contributed by atoms with E-state index in [-0.39, 0.29) is 25.2 Å². The molecule has 0 saturated heterocycles. The summed E-state index contributed by atoms with van der Waals surface area (Å²) in [6, 6.07) is 0. The lowest BCUT2D eigenvalue weighted by molar-refractivity contribution is -0.161. The average molecular weight is 775 g/mol. The van der Waals surface area contributed by atoms with Crippen LogP contribution in [0.5, 0.6) is 0 Å². The van der Waals surface area contributed by atoms with Crippen molar-refractivity contribution in [1.29, 1.82) is 0 Å². The first-order valence-electron chi connectivity index (χ1n) is 24.4. The molecule has 0 aliphatic heterocycles. The summed E-state index contributed by atoms with van der Waals surface area (Å²) in [6.45, 7) is 4.14. The SMILES string of the molecule is CCCCC/C=C\C/C=C\CCCCCCCCCC(=O)OC(CO)COC(=O)CCCCCCCCCCCCCCCCCCCCCCCCCC. The van der Waals surface area contributed by atoms with Gasteiger partial charge in [0.15, 0.2) is 6.10 Å². The van der Waals surface area contributed by atoms with E-state index in [0.717, 1.165) is 44.9 Å². The fourth-order valence-electron chi connectivity index (χ4n) is 7.29. The van der Waals surface area contributed by atoms with Gasteiger partial charge in [0.1, 0.15) is 6.61 Å². The molecule has 0 aliphatic rings. The molecule has 0 aliphatic carbocycles. The maximum atomic E-state index is 12.2. The Morgan fingerprint density at radius 3 is 1.11 bits per heavy atom. The van der Waals surface area contributed by atoms with Crippen LogP contribution in [0.3, 0.4) is 0 Å². The standard InChI is InChI=1S/C50H94O5/c1-3-5-7-9-11-13-15-17-19-21-22-23-24-25-26-27-29-30-32-34-36-38-40-42-44-49(52)54-47-48(46-51)55-50(53)45-43-41-39-37-35-33-31-28-20-18-16-14-12-10-8-6-4-2/h12,14,18,20,48,51H,3-11,13,15-17,19,21-47H2,1-2H3/b14-12-,20-18-. The first-order valence-corrected chi connectivity index (χ1v) is 24.4. The Morgan fingerprint density at radius 1 is 0.418 bits per heavy atom. The Bertz CT molecular complexity index is 836. The topological polar surface area (TPSA) is 72.8 Å². The second-order valence-electron chi connectivity index (χ2n) is 16.5. The number of esters is 2. The lowest BCUT2D eigenvalue weighted by atomic mass is 10.0. The third kappa shape index (κ3) is 45.0. The van der Waals surface area contributed by atoms with Crippen molar-refractivity contribution in [2.45, 2.75) is 270 Å². The second-order valence-corrected chi connectivity index (χ2v) is 16.5. The summed E-state index contributed by atoms with van der Waals surface area (Å²) < 4.78 is 10.7. The van der Waals surface area contributed by atoms with E-state index in [4.69, 9.17) is 9.47 Å². The van der Waals surface area contributed by atoms with Crippen LogP contribution in [-0.2, 0) is 19.1 Å². The highest BCUT2D eigenvalue weighted by Gasteiger charge is 2.16. The van der Waals surface area contributed by atoms with Crippen molar-refractivity contribution in [1.82, 2.24) is 0 Å². The summed E-state index contributed by atoms with van der Waals surface area (Å²) >= 11 is 0. The zero-order valence-corrected chi connectivity index (χ0v) is 37.0. The van der Waals surface area contributed by atoms with E-state index in [9.17, 15) is 14.7 Å². The average Bonchev–Trinajstić information content (AvgIpc) is 3.19. The van der Waals surface area contributed by atoms with E-state index in [2.05, 4.69) is 38.2 Å². The van der Waals surface area contributed by atoms with Crippen molar-refractivity contribution in [3.8, 4) is 0 Å². The molecule has 5 nitrogen and oxygen atoms in total. The summed E-state index contributed by atoms with van der Waals surface area (Å²) in [7, 11) is 0. The van der Waals surface area contributed by atoms with Crippen molar-refractivity contribution in [3.05, 3.63) is 24.3 Å². The molecule has 0 heterocycles. The molecule has 0 bridgehead atoms. The Kier molecular flexibility index (Phi) is 45.4. The largest absolute Gasteiger partial charge is 0.462 e. The van der Waals surface area contributed by atoms with E-state index >= 15 is 0 Å². The van der Waals surface area contributed by atoms with Gasteiger partial charge in [-0.2, -0.15) is 0 Å². The van der Waals surface area contributed by atoms with Crippen LogP contribution in [-0.4, -0.2) is 36.4 Å².